The van der Waals surface area contributed by atoms with Gasteiger partial charge in [-0.25, -0.2) is 17.6 Å². The van der Waals surface area contributed by atoms with E-state index >= 15 is 0 Å². The summed E-state index contributed by atoms with van der Waals surface area (Å²) in [5.74, 6) is -1.65. The molecule has 0 radical (unpaired) electrons. The van der Waals surface area contributed by atoms with E-state index in [0.29, 0.717) is 0 Å². The third kappa shape index (κ3) is 4.40. The largest absolute Gasteiger partial charge is 0.432 e. The minimum atomic E-state index is -5.13. The summed E-state index contributed by atoms with van der Waals surface area (Å²) in [5.41, 5.74) is -3.94. The molecule has 156 valence electrons. The number of halogens is 5. The summed E-state index contributed by atoms with van der Waals surface area (Å²) in [6.07, 6.45) is -7.62. The van der Waals surface area contributed by atoms with Gasteiger partial charge in [0.1, 0.15) is 5.82 Å². The standard InChI is InChI=1S/C17H13ClF4N2O4S/c18-10-1-6-14-13(9-10)16(17(20,21)22,28-15(25)23-14)7-8-29(26,27)24-12-4-2-11(19)3-5-12/h1-6,9,24H,7-8H2,(H,23,25). The van der Waals surface area contributed by atoms with Crippen LogP contribution < -0.4 is 10.0 Å². The summed E-state index contributed by atoms with van der Waals surface area (Å²) in [5, 5.41) is 2.08. The van der Waals surface area contributed by atoms with Gasteiger partial charge in [0.2, 0.25) is 15.6 Å². The number of sulfonamides is 1. The highest BCUT2D eigenvalue weighted by Gasteiger charge is 2.62. The highest BCUT2D eigenvalue weighted by molar-refractivity contribution is 7.92. The maximum absolute atomic E-state index is 14.0. The summed E-state index contributed by atoms with van der Waals surface area (Å²) < 4.78 is 86.3. The predicted octanol–water partition coefficient (Wildman–Crippen LogP) is 4.63. The molecule has 0 aliphatic carbocycles. The van der Waals surface area contributed by atoms with Gasteiger partial charge in [0.25, 0.3) is 0 Å². The average molecular weight is 453 g/mol. The fourth-order valence-corrected chi connectivity index (χ4v) is 4.20. The Morgan fingerprint density at radius 1 is 1.14 bits per heavy atom. The van der Waals surface area contributed by atoms with E-state index in [1.54, 1.807) is 0 Å². The second kappa shape index (κ2) is 7.38. The molecule has 2 N–H and O–H groups in total. The maximum Gasteiger partial charge on any atom is 0.432 e. The van der Waals surface area contributed by atoms with E-state index in [4.69, 9.17) is 11.6 Å². The van der Waals surface area contributed by atoms with Gasteiger partial charge >= 0.3 is 12.3 Å². The lowest BCUT2D eigenvalue weighted by atomic mass is 9.87. The van der Waals surface area contributed by atoms with Gasteiger partial charge in [-0.05, 0) is 42.5 Å². The van der Waals surface area contributed by atoms with Gasteiger partial charge in [-0.2, -0.15) is 13.2 Å². The van der Waals surface area contributed by atoms with Crippen LogP contribution in [-0.4, -0.2) is 26.4 Å². The number of rotatable bonds is 5. The van der Waals surface area contributed by atoms with Gasteiger partial charge in [0, 0.05) is 22.7 Å². The van der Waals surface area contributed by atoms with Crippen molar-refractivity contribution in [3.63, 3.8) is 0 Å². The van der Waals surface area contributed by atoms with Crippen molar-refractivity contribution >= 4 is 39.1 Å². The third-order valence-electron chi connectivity index (χ3n) is 4.22. The van der Waals surface area contributed by atoms with Crippen molar-refractivity contribution in [2.24, 2.45) is 0 Å². The number of anilines is 2. The van der Waals surface area contributed by atoms with Crippen molar-refractivity contribution in [1.82, 2.24) is 0 Å². The van der Waals surface area contributed by atoms with Crippen molar-refractivity contribution < 1.29 is 35.5 Å². The first-order valence-electron chi connectivity index (χ1n) is 8.05. The molecule has 6 nitrogen and oxygen atoms in total. The van der Waals surface area contributed by atoms with E-state index in [0.717, 1.165) is 30.3 Å². The Balaban J connectivity index is 1.94. The molecule has 0 saturated heterocycles. The molecule has 0 spiro atoms. The molecule has 1 atom stereocenters. The van der Waals surface area contributed by atoms with Crippen molar-refractivity contribution in [3.8, 4) is 0 Å². The minimum absolute atomic E-state index is 0.0294. The van der Waals surface area contributed by atoms with Crippen LogP contribution in [0, 0.1) is 5.82 Å². The lowest BCUT2D eigenvalue weighted by molar-refractivity contribution is -0.265. The van der Waals surface area contributed by atoms with Gasteiger partial charge in [-0.3, -0.25) is 10.0 Å². The highest BCUT2D eigenvalue weighted by atomic mass is 35.5. The van der Waals surface area contributed by atoms with Crippen LogP contribution in [0.2, 0.25) is 5.02 Å². The second-order valence-corrected chi connectivity index (χ2v) is 8.49. The Morgan fingerprint density at radius 3 is 2.41 bits per heavy atom. The van der Waals surface area contributed by atoms with Crippen molar-refractivity contribution in [2.75, 3.05) is 15.8 Å². The van der Waals surface area contributed by atoms with E-state index in [-0.39, 0.29) is 16.4 Å². The van der Waals surface area contributed by atoms with E-state index in [1.165, 1.54) is 12.1 Å². The Hall–Kier alpha value is -2.53. The molecular weight excluding hydrogens is 440 g/mol. The molecule has 12 heteroatoms. The Bertz CT molecular complexity index is 1040. The van der Waals surface area contributed by atoms with Gasteiger partial charge in [-0.1, -0.05) is 11.6 Å². The topological polar surface area (TPSA) is 84.5 Å². The molecule has 1 unspecified atom stereocenters. The van der Waals surface area contributed by atoms with Crippen molar-refractivity contribution in [3.05, 3.63) is 58.9 Å². The molecule has 1 aliphatic heterocycles. The number of cyclic esters (lactones) is 1. The number of nitrogens with one attached hydrogen (secondary N) is 2. The molecule has 1 heterocycles. The molecule has 0 fully saturated rings. The van der Waals surface area contributed by atoms with Crippen molar-refractivity contribution in [1.29, 1.82) is 0 Å². The van der Waals surface area contributed by atoms with Gasteiger partial charge in [-0.15, -0.1) is 0 Å². The highest BCUT2D eigenvalue weighted by Crippen LogP contribution is 2.50. The Morgan fingerprint density at radius 2 is 1.79 bits per heavy atom. The van der Waals surface area contributed by atoms with Gasteiger partial charge < -0.3 is 4.74 Å². The number of hydrogen-bond donors (Lipinski definition) is 2. The second-order valence-electron chi connectivity index (χ2n) is 6.21. The maximum atomic E-state index is 14.0. The monoisotopic (exact) mass is 452 g/mol. The first-order chi connectivity index (χ1) is 13.4. The number of alkyl halides is 3. The first-order valence-corrected chi connectivity index (χ1v) is 10.1. The Kier molecular flexibility index (Phi) is 5.39. The number of ether oxygens (including phenoxy) is 1. The zero-order valence-electron chi connectivity index (χ0n) is 14.4. The SMILES string of the molecule is O=C1Nc2ccc(Cl)cc2C(CCS(=O)(=O)Nc2ccc(F)cc2)(C(F)(F)F)O1. The van der Waals surface area contributed by atoms with E-state index in [2.05, 4.69) is 14.8 Å². The number of hydrogen-bond acceptors (Lipinski definition) is 4. The summed E-state index contributed by atoms with van der Waals surface area (Å²) in [6.45, 7) is 0. The molecule has 0 bridgehead atoms. The number of carbonyl (C=O) groups is 1. The van der Waals surface area contributed by atoms with Crippen LogP contribution in [0.5, 0.6) is 0 Å². The molecule has 2 aromatic rings. The summed E-state index contributed by atoms with van der Waals surface area (Å²) >= 11 is 5.80. The smallest absolute Gasteiger partial charge is 0.428 e. The van der Waals surface area contributed by atoms with Crippen LogP contribution in [0.1, 0.15) is 12.0 Å². The van der Waals surface area contributed by atoms with Crippen LogP contribution in [0.15, 0.2) is 42.5 Å². The van der Waals surface area contributed by atoms with Gasteiger partial charge in [0.15, 0.2) is 0 Å². The lowest BCUT2D eigenvalue weighted by Crippen LogP contribution is -2.51. The fourth-order valence-electron chi connectivity index (χ4n) is 2.87. The van der Waals surface area contributed by atoms with Crippen LogP contribution in [0.3, 0.4) is 0 Å². The summed E-state index contributed by atoms with van der Waals surface area (Å²) in [6, 6.07) is 7.62. The van der Waals surface area contributed by atoms with Crippen molar-refractivity contribution in [2.45, 2.75) is 18.2 Å². The molecular formula is C17H13ClF4N2O4S. The summed E-state index contributed by atoms with van der Waals surface area (Å²) in [4.78, 5) is 11.8. The zero-order chi connectivity index (χ0) is 21.4. The average Bonchev–Trinajstić information content (AvgIpc) is 2.61. The molecule has 3 rings (SSSR count). The van der Waals surface area contributed by atoms with Crippen LogP contribution in [0.25, 0.3) is 0 Å². The first kappa shape index (κ1) is 21.2. The quantitative estimate of drug-likeness (QED) is 0.648. The van der Waals surface area contributed by atoms with E-state index < -0.39 is 51.4 Å². The number of carbonyl (C=O) groups excluding carboxylic acids is 1. The number of amides is 1. The van der Waals surface area contributed by atoms with Crippen LogP contribution in [-0.2, 0) is 20.4 Å². The third-order valence-corrected chi connectivity index (χ3v) is 5.74. The van der Waals surface area contributed by atoms with Crippen LogP contribution >= 0.6 is 11.6 Å². The zero-order valence-corrected chi connectivity index (χ0v) is 16.0. The molecule has 1 aliphatic rings. The summed E-state index contributed by atoms with van der Waals surface area (Å²) in [7, 11) is -4.29. The predicted molar refractivity (Wildman–Crippen MR) is 97.7 cm³/mol. The van der Waals surface area contributed by atoms with E-state index in [9.17, 15) is 30.8 Å². The fraction of sp³-hybridized carbons (Fsp3) is 0.235. The molecule has 0 saturated carbocycles. The van der Waals surface area contributed by atoms with E-state index in [1.807, 2.05) is 0 Å². The molecule has 2 aromatic carbocycles. The number of fused-ring (bicyclic) bond motifs is 1. The Labute approximate surface area is 167 Å². The van der Waals surface area contributed by atoms with Gasteiger partial charge in [0.05, 0.1) is 11.4 Å². The molecule has 0 aromatic heterocycles. The normalized spacial score (nSPS) is 19.1. The van der Waals surface area contributed by atoms with Crippen LogP contribution in [0.4, 0.5) is 33.7 Å². The molecule has 29 heavy (non-hydrogen) atoms. The number of benzene rings is 2. The lowest BCUT2D eigenvalue weighted by Gasteiger charge is -2.39. The molecule has 1 amide bonds. The minimum Gasteiger partial charge on any atom is -0.428 e.